The number of benzene rings is 1. The van der Waals surface area contributed by atoms with Crippen molar-refractivity contribution in [1.29, 1.82) is 0 Å². The molecule has 1 aromatic carbocycles. The van der Waals surface area contributed by atoms with Crippen LogP contribution in [-0.4, -0.2) is 5.78 Å². The average molecular weight is 289 g/mol. The largest absolute Gasteiger partial charge is 0.288 e. The lowest BCUT2D eigenvalue weighted by molar-refractivity contribution is 0.104. The summed E-state index contributed by atoms with van der Waals surface area (Å²) in [5.41, 5.74) is 0.445. The fourth-order valence-electron chi connectivity index (χ4n) is 1.34. The Morgan fingerprint density at radius 2 is 1.76 bits per heavy atom. The van der Waals surface area contributed by atoms with E-state index < -0.39 is 4.84 Å². The molecule has 1 heterocycles. The highest BCUT2D eigenvalue weighted by atomic mass is 35.5. The normalized spacial score (nSPS) is 10.8. The van der Waals surface area contributed by atoms with E-state index in [1.54, 1.807) is 12.1 Å². The first kappa shape index (κ1) is 12.6. The zero-order valence-corrected chi connectivity index (χ0v) is 10.8. The molecular weight excluding hydrogens is 282 g/mol. The van der Waals surface area contributed by atoms with E-state index in [9.17, 15) is 9.18 Å². The molecule has 0 spiro atoms. The second-order valence-corrected chi connectivity index (χ2v) is 5.55. The Bertz CT molecular complexity index is 534. The minimum atomic E-state index is -0.630. The molecule has 0 bridgehead atoms. The van der Waals surface area contributed by atoms with Crippen LogP contribution in [0.25, 0.3) is 0 Å². The maximum Gasteiger partial charge on any atom is 0.202 e. The Labute approximate surface area is 112 Å². The number of hydrogen-bond acceptors (Lipinski definition) is 2. The molecule has 0 aliphatic carbocycles. The van der Waals surface area contributed by atoms with Crippen LogP contribution in [0.1, 0.15) is 24.9 Å². The molecule has 2 rings (SSSR count). The van der Waals surface area contributed by atoms with Gasteiger partial charge in [-0.15, -0.1) is 11.3 Å². The van der Waals surface area contributed by atoms with Crippen LogP contribution in [0.2, 0.25) is 0 Å². The van der Waals surface area contributed by atoms with Gasteiger partial charge in [-0.2, -0.15) is 0 Å². The SMILES string of the molecule is O=C(c1ccc(F)cc1)c1ccc(C(Cl)Cl)s1. The fourth-order valence-corrected chi connectivity index (χ4v) is 2.57. The van der Waals surface area contributed by atoms with Crippen LogP contribution in [0.3, 0.4) is 0 Å². The van der Waals surface area contributed by atoms with Crippen LogP contribution in [0.15, 0.2) is 36.4 Å². The summed E-state index contributed by atoms with van der Waals surface area (Å²) in [4.78, 5) is 12.6. The van der Waals surface area contributed by atoms with Gasteiger partial charge < -0.3 is 0 Å². The Morgan fingerprint density at radius 3 is 2.29 bits per heavy atom. The number of ketones is 1. The molecule has 0 aliphatic heterocycles. The Morgan fingerprint density at radius 1 is 1.12 bits per heavy atom. The third kappa shape index (κ3) is 2.86. The summed E-state index contributed by atoms with van der Waals surface area (Å²) in [5, 5.41) is 0. The number of halogens is 3. The summed E-state index contributed by atoms with van der Waals surface area (Å²) in [6, 6.07) is 8.81. The molecule has 0 unspecified atom stereocenters. The van der Waals surface area contributed by atoms with Crippen molar-refractivity contribution in [3.63, 3.8) is 0 Å². The van der Waals surface area contributed by atoms with E-state index in [0.29, 0.717) is 10.4 Å². The van der Waals surface area contributed by atoms with Gasteiger partial charge in [-0.3, -0.25) is 4.79 Å². The Balaban J connectivity index is 2.27. The highest BCUT2D eigenvalue weighted by Gasteiger charge is 2.14. The average Bonchev–Trinajstić information content (AvgIpc) is 2.78. The quantitative estimate of drug-likeness (QED) is 0.596. The van der Waals surface area contributed by atoms with Crippen LogP contribution >= 0.6 is 34.5 Å². The lowest BCUT2D eigenvalue weighted by atomic mass is 10.1. The number of alkyl halides is 2. The molecule has 0 N–H and O–H groups in total. The van der Waals surface area contributed by atoms with Crippen LogP contribution in [0, 0.1) is 5.82 Å². The van der Waals surface area contributed by atoms with Crippen LogP contribution < -0.4 is 0 Å². The maximum absolute atomic E-state index is 12.7. The van der Waals surface area contributed by atoms with Gasteiger partial charge in [0, 0.05) is 10.4 Å². The summed E-state index contributed by atoms with van der Waals surface area (Å²) in [6.07, 6.45) is 0. The monoisotopic (exact) mass is 288 g/mol. The van der Waals surface area contributed by atoms with Gasteiger partial charge in [0.15, 0.2) is 0 Å². The van der Waals surface area contributed by atoms with E-state index in [4.69, 9.17) is 23.2 Å². The van der Waals surface area contributed by atoms with Crippen molar-refractivity contribution in [2.45, 2.75) is 4.84 Å². The van der Waals surface area contributed by atoms with Gasteiger partial charge in [0.05, 0.1) is 4.88 Å². The molecule has 0 atom stereocenters. The van der Waals surface area contributed by atoms with Gasteiger partial charge in [-0.1, -0.05) is 23.2 Å². The van der Waals surface area contributed by atoms with Gasteiger partial charge in [0.25, 0.3) is 0 Å². The summed E-state index contributed by atoms with van der Waals surface area (Å²) >= 11 is 12.6. The first-order valence-corrected chi connectivity index (χ1v) is 6.45. The van der Waals surface area contributed by atoms with Crippen molar-refractivity contribution >= 4 is 40.3 Å². The number of rotatable bonds is 3. The lowest BCUT2D eigenvalue weighted by Gasteiger charge is -1.98. The molecule has 17 heavy (non-hydrogen) atoms. The molecule has 2 aromatic rings. The van der Waals surface area contributed by atoms with Crippen molar-refractivity contribution < 1.29 is 9.18 Å². The summed E-state index contributed by atoms with van der Waals surface area (Å²) in [5.74, 6) is -0.523. The zero-order chi connectivity index (χ0) is 12.4. The molecule has 88 valence electrons. The molecule has 5 heteroatoms. The van der Waals surface area contributed by atoms with Gasteiger partial charge in [-0.05, 0) is 36.4 Å². The predicted octanol–water partition coefficient (Wildman–Crippen LogP) is 4.59. The minimum Gasteiger partial charge on any atom is -0.288 e. The number of thiophene rings is 1. The smallest absolute Gasteiger partial charge is 0.202 e. The third-order valence-electron chi connectivity index (χ3n) is 2.17. The van der Waals surface area contributed by atoms with E-state index in [-0.39, 0.29) is 11.6 Å². The van der Waals surface area contributed by atoms with Crippen molar-refractivity contribution in [3.8, 4) is 0 Å². The number of carbonyl (C=O) groups excluding carboxylic acids is 1. The molecular formula is C12H7Cl2FOS. The van der Waals surface area contributed by atoms with Crippen LogP contribution in [0.5, 0.6) is 0 Å². The highest BCUT2D eigenvalue weighted by Crippen LogP contribution is 2.31. The predicted molar refractivity (Wildman–Crippen MR) is 68.6 cm³/mol. The van der Waals surface area contributed by atoms with Gasteiger partial charge in [0.2, 0.25) is 5.78 Å². The maximum atomic E-state index is 12.7. The van der Waals surface area contributed by atoms with Gasteiger partial charge in [-0.25, -0.2) is 4.39 Å². The van der Waals surface area contributed by atoms with Crippen molar-refractivity contribution in [2.75, 3.05) is 0 Å². The molecule has 0 aliphatic rings. The molecule has 1 nitrogen and oxygen atoms in total. The van der Waals surface area contributed by atoms with Crippen molar-refractivity contribution in [3.05, 3.63) is 57.5 Å². The second kappa shape index (κ2) is 5.17. The summed E-state index contributed by atoms with van der Waals surface area (Å²) in [6.45, 7) is 0. The van der Waals surface area contributed by atoms with Crippen molar-refractivity contribution in [2.24, 2.45) is 0 Å². The Hall–Kier alpha value is -0.900. The fraction of sp³-hybridized carbons (Fsp3) is 0.0833. The lowest BCUT2D eigenvalue weighted by Crippen LogP contribution is -1.97. The standard InChI is InChI=1S/C12H7Cl2FOS/c13-12(14)10-6-5-9(17-10)11(16)7-1-3-8(15)4-2-7/h1-6,12H. The molecule has 0 amide bonds. The van der Waals surface area contributed by atoms with E-state index in [1.807, 2.05) is 0 Å². The molecule has 0 saturated heterocycles. The molecule has 1 aromatic heterocycles. The third-order valence-corrected chi connectivity index (χ3v) is 4.05. The highest BCUT2D eigenvalue weighted by molar-refractivity contribution is 7.14. The van der Waals surface area contributed by atoms with Crippen molar-refractivity contribution in [1.82, 2.24) is 0 Å². The first-order valence-electron chi connectivity index (χ1n) is 4.76. The van der Waals surface area contributed by atoms with E-state index in [1.165, 1.54) is 35.6 Å². The van der Waals surface area contributed by atoms with Crippen LogP contribution in [-0.2, 0) is 0 Å². The molecule has 0 radical (unpaired) electrons. The first-order chi connectivity index (χ1) is 8.08. The van der Waals surface area contributed by atoms with Gasteiger partial charge >= 0.3 is 0 Å². The molecule has 0 saturated carbocycles. The van der Waals surface area contributed by atoms with E-state index in [2.05, 4.69) is 0 Å². The second-order valence-electron chi connectivity index (χ2n) is 3.34. The summed E-state index contributed by atoms with van der Waals surface area (Å²) < 4.78 is 12.7. The zero-order valence-electron chi connectivity index (χ0n) is 8.49. The summed E-state index contributed by atoms with van der Waals surface area (Å²) in [7, 11) is 0. The number of hydrogen-bond donors (Lipinski definition) is 0. The van der Waals surface area contributed by atoms with Crippen LogP contribution in [0.4, 0.5) is 4.39 Å². The topological polar surface area (TPSA) is 17.1 Å². The Kier molecular flexibility index (Phi) is 3.82. The minimum absolute atomic E-state index is 0.157. The van der Waals surface area contributed by atoms with Gasteiger partial charge in [0.1, 0.15) is 10.7 Å². The number of carbonyl (C=O) groups is 1. The van der Waals surface area contributed by atoms with E-state index in [0.717, 1.165) is 4.88 Å². The van der Waals surface area contributed by atoms with E-state index >= 15 is 0 Å². The molecule has 0 fully saturated rings.